The lowest BCUT2D eigenvalue weighted by atomic mass is 10.1. The normalized spacial score (nSPS) is 16.9. The SMILES string of the molecule is CCCCN1C(=O)C(=C/C=C/C=C2/Sc3c(ccc4ccccc34)N2CCCCS(=O)(=O)O)C(=O)N(CCCC)C1=S. The van der Waals surface area contributed by atoms with Crippen molar-refractivity contribution in [3.8, 4) is 0 Å². The average molecular weight is 628 g/mol. The number of benzene rings is 2. The van der Waals surface area contributed by atoms with Crippen LogP contribution >= 0.6 is 24.0 Å². The van der Waals surface area contributed by atoms with Crippen LogP contribution in [0.1, 0.15) is 52.4 Å². The van der Waals surface area contributed by atoms with Gasteiger partial charge in [0.1, 0.15) is 5.57 Å². The molecule has 224 valence electrons. The van der Waals surface area contributed by atoms with Crippen molar-refractivity contribution in [3.05, 3.63) is 71.3 Å². The molecule has 0 radical (unpaired) electrons. The van der Waals surface area contributed by atoms with Crippen LogP contribution in [0.15, 0.2) is 76.2 Å². The van der Waals surface area contributed by atoms with Gasteiger partial charge in [-0.3, -0.25) is 23.9 Å². The van der Waals surface area contributed by atoms with Gasteiger partial charge in [0, 0.05) is 24.5 Å². The number of thioether (sulfide) groups is 1. The molecule has 0 aliphatic carbocycles. The Labute approximate surface area is 257 Å². The highest BCUT2D eigenvalue weighted by atomic mass is 32.2. The van der Waals surface area contributed by atoms with E-state index in [1.165, 1.54) is 9.80 Å². The van der Waals surface area contributed by atoms with Gasteiger partial charge in [0.2, 0.25) is 0 Å². The number of carbonyl (C=O) groups is 2. The van der Waals surface area contributed by atoms with Crippen LogP contribution in [0.5, 0.6) is 0 Å². The summed E-state index contributed by atoms with van der Waals surface area (Å²) in [5, 5.41) is 3.49. The van der Waals surface area contributed by atoms with Crippen LogP contribution in [0.25, 0.3) is 10.8 Å². The lowest BCUT2D eigenvalue weighted by molar-refractivity contribution is -0.133. The highest BCUT2D eigenvalue weighted by Gasteiger charge is 2.38. The van der Waals surface area contributed by atoms with Gasteiger partial charge in [-0.2, -0.15) is 8.42 Å². The Balaban J connectivity index is 1.60. The van der Waals surface area contributed by atoms with Gasteiger partial charge in [0.05, 0.1) is 16.5 Å². The highest BCUT2D eigenvalue weighted by molar-refractivity contribution is 8.04. The zero-order chi connectivity index (χ0) is 30.3. The number of rotatable bonds is 13. The van der Waals surface area contributed by atoms with E-state index < -0.39 is 10.1 Å². The fourth-order valence-corrected chi connectivity index (χ4v) is 7.05. The van der Waals surface area contributed by atoms with E-state index in [0.29, 0.717) is 32.5 Å². The van der Waals surface area contributed by atoms with Crippen LogP contribution in [0.2, 0.25) is 0 Å². The third-order valence-corrected chi connectivity index (χ3v) is 9.60. The van der Waals surface area contributed by atoms with Crippen molar-refractivity contribution in [2.45, 2.75) is 57.3 Å². The first-order valence-electron chi connectivity index (χ1n) is 14.3. The van der Waals surface area contributed by atoms with Gasteiger partial charge in [-0.05, 0) is 66.9 Å². The van der Waals surface area contributed by atoms with Crippen LogP contribution < -0.4 is 4.90 Å². The third kappa shape index (κ3) is 7.50. The van der Waals surface area contributed by atoms with E-state index in [1.807, 2.05) is 38.1 Å². The topological polar surface area (TPSA) is 98.2 Å². The van der Waals surface area contributed by atoms with Crippen molar-refractivity contribution in [2.75, 3.05) is 30.3 Å². The Kier molecular flexibility index (Phi) is 11.0. The second-order valence-corrected chi connectivity index (χ2v) is 13.2. The van der Waals surface area contributed by atoms with Crippen molar-refractivity contribution in [3.63, 3.8) is 0 Å². The van der Waals surface area contributed by atoms with Crippen LogP contribution in [-0.2, 0) is 19.7 Å². The number of thiocarbonyl (C=S) groups is 1. The van der Waals surface area contributed by atoms with Crippen molar-refractivity contribution < 1.29 is 22.6 Å². The molecule has 1 N–H and O–H groups in total. The number of allylic oxidation sites excluding steroid dienone is 4. The zero-order valence-corrected chi connectivity index (χ0v) is 26.4. The third-order valence-electron chi connectivity index (χ3n) is 7.15. The summed E-state index contributed by atoms with van der Waals surface area (Å²) in [4.78, 5) is 32.9. The minimum absolute atomic E-state index is 0.0980. The molecule has 4 rings (SSSR count). The van der Waals surface area contributed by atoms with Crippen LogP contribution in [-0.4, -0.2) is 65.1 Å². The van der Waals surface area contributed by atoms with Crippen molar-refractivity contribution >= 4 is 67.5 Å². The predicted octanol–water partition coefficient (Wildman–Crippen LogP) is 6.30. The maximum atomic E-state index is 13.3. The standard InChI is InChI=1S/C31H37N3O5S3/c1-3-5-19-33-29(35)25(30(36)34(31(33)40)20-6-4-2)15-9-10-16-27-32(21-11-12-22-42(37,38)39)26-18-17-23-13-7-8-14-24(23)28(26)41-27/h7-10,13-18H,3-6,11-12,19-22H2,1-2H3,(H,37,38,39)/b10-9+,27-16+. The molecule has 0 atom stereocenters. The Morgan fingerprint density at radius 2 is 1.45 bits per heavy atom. The predicted molar refractivity (Wildman–Crippen MR) is 174 cm³/mol. The smallest absolute Gasteiger partial charge is 0.265 e. The maximum Gasteiger partial charge on any atom is 0.265 e. The van der Waals surface area contributed by atoms with E-state index in [4.69, 9.17) is 16.8 Å². The molecule has 8 nitrogen and oxygen atoms in total. The summed E-state index contributed by atoms with van der Waals surface area (Å²) >= 11 is 7.16. The Bertz CT molecular complexity index is 1520. The van der Waals surface area contributed by atoms with E-state index in [2.05, 4.69) is 29.2 Å². The maximum absolute atomic E-state index is 13.3. The lowest BCUT2D eigenvalue weighted by Gasteiger charge is -2.36. The largest absolute Gasteiger partial charge is 0.335 e. The highest BCUT2D eigenvalue weighted by Crippen LogP contribution is 2.49. The van der Waals surface area contributed by atoms with Gasteiger partial charge in [0.15, 0.2) is 5.11 Å². The average Bonchev–Trinajstić information content (AvgIpc) is 3.32. The van der Waals surface area contributed by atoms with Gasteiger partial charge in [0.25, 0.3) is 21.9 Å². The van der Waals surface area contributed by atoms with E-state index in [0.717, 1.165) is 52.1 Å². The van der Waals surface area contributed by atoms with Crippen molar-refractivity contribution in [2.24, 2.45) is 0 Å². The molecule has 2 amide bonds. The number of unbranched alkanes of at least 4 members (excludes halogenated alkanes) is 3. The molecule has 0 aromatic heterocycles. The van der Waals surface area contributed by atoms with Crippen molar-refractivity contribution in [1.82, 2.24) is 9.80 Å². The molecule has 2 aliphatic heterocycles. The summed E-state index contributed by atoms with van der Waals surface area (Å²) in [7, 11) is -4.01. The summed E-state index contributed by atoms with van der Waals surface area (Å²) in [5.41, 5.74) is 1.13. The van der Waals surface area contributed by atoms with Gasteiger partial charge in [-0.25, -0.2) is 0 Å². The molecule has 0 bridgehead atoms. The fourth-order valence-electron chi connectivity index (χ4n) is 4.90. The molecule has 2 aliphatic rings. The van der Waals surface area contributed by atoms with Gasteiger partial charge in [-0.1, -0.05) is 80.9 Å². The summed E-state index contributed by atoms with van der Waals surface area (Å²) in [5.74, 6) is -1.00. The molecule has 42 heavy (non-hydrogen) atoms. The van der Waals surface area contributed by atoms with E-state index in [-0.39, 0.29) is 28.3 Å². The second-order valence-electron chi connectivity index (χ2n) is 10.3. The van der Waals surface area contributed by atoms with Crippen LogP contribution in [0, 0.1) is 0 Å². The molecule has 1 fully saturated rings. The summed E-state index contributed by atoms with van der Waals surface area (Å²) in [6.07, 6.45) is 11.3. The van der Waals surface area contributed by atoms with E-state index >= 15 is 0 Å². The quantitative estimate of drug-likeness (QED) is 0.0909. The monoisotopic (exact) mass is 627 g/mol. The summed E-state index contributed by atoms with van der Waals surface area (Å²) < 4.78 is 31.5. The molecule has 2 aromatic rings. The molecule has 2 aromatic carbocycles. The van der Waals surface area contributed by atoms with Gasteiger partial charge >= 0.3 is 0 Å². The summed E-state index contributed by atoms with van der Waals surface area (Å²) in [6.45, 7) is 5.62. The fraction of sp³-hybridized carbons (Fsp3) is 0.387. The number of nitrogens with zero attached hydrogens (tertiary/aromatic N) is 3. The number of fused-ring (bicyclic) bond motifs is 3. The lowest BCUT2D eigenvalue weighted by Crippen LogP contribution is -2.56. The number of hydrogen-bond donors (Lipinski definition) is 1. The molecule has 11 heteroatoms. The minimum Gasteiger partial charge on any atom is -0.335 e. The molecule has 0 spiro atoms. The first-order chi connectivity index (χ1) is 20.2. The molecular weight excluding hydrogens is 591 g/mol. The first-order valence-corrected chi connectivity index (χ1v) is 17.2. The summed E-state index contributed by atoms with van der Waals surface area (Å²) in [6, 6.07) is 12.3. The molecule has 0 saturated carbocycles. The Morgan fingerprint density at radius 3 is 2.10 bits per heavy atom. The van der Waals surface area contributed by atoms with E-state index in [9.17, 15) is 18.0 Å². The molecule has 1 saturated heterocycles. The van der Waals surface area contributed by atoms with Crippen molar-refractivity contribution in [1.29, 1.82) is 0 Å². The van der Waals surface area contributed by atoms with E-state index in [1.54, 1.807) is 23.9 Å². The zero-order valence-electron chi connectivity index (χ0n) is 24.0. The number of hydrogen-bond acceptors (Lipinski definition) is 7. The minimum atomic E-state index is -4.01. The number of anilines is 1. The van der Waals surface area contributed by atoms with Gasteiger partial charge in [-0.15, -0.1) is 0 Å². The van der Waals surface area contributed by atoms with Crippen LogP contribution in [0.4, 0.5) is 5.69 Å². The Hall–Kier alpha value is -2.99. The number of carbonyl (C=O) groups excluding carboxylic acids is 2. The Morgan fingerprint density at radius 1 is 0.833 bits per heavy atom. The molecule has 2 heterocycles. The second kappa shape index (κ2) is 14.5. The molecular formula is C31H37N3O5S3. The first kappa shape index (κ1) is 31.9. The van der Waals surface area contributed by atoms with Gasteiger partial charge < -0.3 is 4.90 Å². The number of amides is 2. The molecule has 0 unspecified atom stereocenters. The van der Waals surface area contributed by atoms with Crippen LogP contribution in [0.3, 0.4) is 0 Å².